The van der Waals surface area contributed by atoms with Crippen LogP contribution >= 0.6 is 23.2 Å². The number of ether oxygens (including phenoxy) is 1. The van der Waals surface area contributed by atoms with Gasteiger partial charge >= 0.3 is 18.1 Å². The highest BCUT2D eigenvalue weighted by atomic mass is 35.5. The molecule has 5 aromatic heterocycles. The molecule has 0 saturated carbocycles. The molecule has 0 bridgehead atoms. The number of aliphatic carboxylic acids is 1. The SMILES string of the molecule is CCC(=O)NS(=O)(=O)c1ccc(-c2c(-c3ccc(C)cc3)noc2C)cc1.CS(=O)(=O)c1ccc(C2=C(c3ccccc3)C(=O)OC2)cc1.Cc1ccc(-c2cc(C(F)(F)F)nn2-c2ccc(S(N)(=O)=O)cc2)cc1.Cc1ccc(-c2ncc(Cl)cc2-c2ccc(S(C)(=O)=O)cc2)cn1.Cc1ccc(-c2noc(C)c2-c2ccc(S(N)(=O)=O)cc2)cc1.Cc1ccc(Nc2c(F)cccc2Cl)c(CC(=O)O)c1. The lowest BCUT2D eigenvalue weighted by Gasteiger charge is -2.13. The maximum atomic E-state index is 13.7. The number of esters is 1. The van der Waals surface area contributed by atoms with E-state index < -0.39 is 79.3 Å². The number of primary sulfonamides is 2. The number of carboxylic acids is 1. The Morgan fingerprint density at radius 1 is 0.486 bits per heavy atom. The van der Waals surface area contributed by atoms with E-state index in [9.17, 15) is 74.0 Å². The van der Waals surface area contributed by atoms with E-state index in [1.54, 1.807) is 135 Å². The summed E-state index contributed by atoms with van der Waals surface area (Å²) < 4.78 is 188. The lowest BCUT2D eigenvalue weighted by atomic mass is 9.97. The highest BCUT2D eigenvalue weighted by Crippen LogP contribution is 2.41. The number of amides is 1. The lowest BCUT2D eigenvalue weighted by Crippen LogP contribution is -2.29. The van der Waals surface area contributed by atoms with Crippen molar-refractivity contribution in [2.45, 2.75) is 98.9 Å². The Bertz CT molecular complexity index is 7950. The van der Waals surface area contributed by atoms with Gasteiger partial charge in [-0.2, -0.15) is 18.3 Å². The van der Waals surface area contributed by atoms with Crippen molar-refractivity contribution in [2.24, 2.45) is 10.3 Å². The van der Waals surface area contributed by atoms with Gasteiger partial charge in [-0.15, -0.1) is 0 Å². The molecule has 11 aromatic carbocycles. The first-order valence-electron chi connectivity index (χ1n) is 42.9. The predicted molar refractivity (Wildman–Crippen MR) is 538 cm³/mol. The number of hydrogen-bond donors (Lipinski definition) is 5. The largest absolute Gasteiger partial charge is 0.481 e. The molecule has 0 aliphatic carbocycles. The minimum atomic E-state index is -4.61. The quantitative estimate of drug-likeness (QED) is 0.0329. The van der Waals surface area contributed by atoms with Gasteiger partial charge in [0.1, 0.15) is 35.3 Å². The summed E-state index contributed by atoms with van der Waals surface area (Å²) in [4.78, 5) is 43.6. The number of carbonyl (C=O) groups is 3. The fraction of sp³-hybridized carbons (Fsp3) is 0.135. The fourth-order valence-corrected chi connectivity index (χ4v) is 18.0. The monoisotopic (exact) mass is 2060 g/mol. The van der Waals surface area contributed by atoms with Crippen molar-refractivity contribution >= 4 is 113 Å². The molecule has 6 heterocycles. The van der Waals surface area contributed by atoms with Crippen LogP contribution in [0.4, 0.5) is 28.9 Å². The molecule has 0 fully saturated rings. The topological polar surface area (TPSA) is 423 Å². The van der Waals surface area contributed by atoms with Crippen molar-refractivity contribution in [1.29, 1.82) is 0 Å². The van der Waals surface area contributed by atoms with E-state index in [4.69, 9.17) is 52.4 Å². The van der Waals surface area contributed by atoms with Crippen LogP contribution in [0.5, 0.6) is 0 Å². The summed E-state index contributed by atoms with van der Waals surface area (Å²) in [6, 6.07) is 79.5. The van der Waals surface area contributed by atoms with Gasteiger partial charge in [-0.1, -0.05) is 233 Å². The summed E-state index contributed by atoms with van der Waals surface area (Å²) in [5.74, 6) is -1.02. The Morgan fingerprint density at radius 2 is 0.944 bits per heavy atom. The predicted octanol–water partition coefficient (Wildman–Crippen LogP) is 21.5. The standard InChI is InChI=1S/C20H20N2O4S.C18H15ClN2O2S.C17H14F3N3O2S.C17H16N2O3S.C17H14O4S.C15H13ClFNO2/c1-4-18(23)22-27(24,25)17-11-9-15(10-12-17)19-14(3)26-21-20(19)16-7-5-13(2)6-8-16;1-12-3-4-14(10-20-12)18-17(9-15(19)11-21-18)13-5-7-16(8-6-13)24(2,22)23;1-11-2-4-12(5-3-11)15-10-16(17(18,19)20)22-23(15)13-6-8-14(9-7-13)26(21,24)25;1-11-3-5-14(6-4-11)17-16(12(2)22-19-17)13-7-9-15(10-8-13)23(18,20)21;1-22(19,20)14-9-7-12(8-10-14)15-11-21-17(18)16(15)13-5-3-2-4-6-13;1-9-5-6-13(10(7-9)8-14(19)20)18-15-11(16)3-2-4-12(15)17/h5-12H,4H2,1-3H3,(H,22,23);3-11H,1-2H3;2-10H,1H3,(H2,21,24,25);3-10H,1-2H3,(H2,18,20,21);2-10H,11H2,1H3;2-7,18H,8H2,1H3,(H,19,20). The number of sulfone groups is 2. The zero-order valence-corrected chi connectivity index (χ0v) is 83.1. The highest BCUT2D eigenvalue weighted by molar-refractivity contribution is 7.91. The number of aryl methyl sites for hydroxylation is 7. The maximum Gasteiger partial charge on any atom is 0.435 e. The van der Waals surface area contributed by atoms with Crippen molar-refractivity contribution in [3.63, 3.8) is 0 Å². The van der Waals surface area contributed by atoms with Crippen LogP contribution in [0.1, 0.15) is 75.2 Å². The minimum Gasteiger partial charge on any atom is -0.481 e. The summed E-state index contributed by atoms with van der Waals surface area (Å²) in [5.41, 5.74) is 19.1. The summed E-state index contributed by atoms with van der Waals surface area (Å²) in [5, 5.41) is 34.7. The van der Waals surface area contributed by atoms with E-state index in [0.717, 1.165) is 117 Å². The molecule has 0 unspecified atom stereocenters. The van der Waals surface area contributed by atoms with Crippen LogP contribution in [0.3, 0.4) is 0 Å². The Labute approximate surface area is 828 Å². The summed E-state index contributed by atoms with van der Waals surface area (Å²) in [6.07, 6.45) is 1.05. The third-order valence-electron chi connectivity index (χ3n) is 21.6. The minimum absolute atomic E-state index is 0.0269. The molecule has 0 saturated heterocycles. The number of nitrogens with zero attached hydrogens (tertiary/aromatic N) is 6. The molecule has 38 heteroatoms. The molecule has 732 valence electrons. The highest BCUT2D eigenvalue weighted by Gasteiger charge is 2.36. The van der Waals surface area contributed by atoms with Crippen LogP contribution in [-0.2, 0) is 81.5 Å². The number of nitrogens with one attached hydrogen (secondary N) is 2. The van der Waals surface area contributed by atoms with Crippen LogP contribution < -0.4 is 20.3 Å². The molecule has 0 atom stereocenters. The van der Waals surface area contributed by atoms with Crippen molar-refractivity contribution < 1.29 is 92.9 Å². The Morgan fingerprint density at radius 3 is 1.41 bits per heavy atom. The van der Waals surface area contributed by atoms with E-state index in [-0.39, 0.29) is 72.0 Å². The van der Waals surface area contributed by atoms with Crippen LogP contribution in [0, 0.1) is 54.3 Å². The number of anilines is 2. The molecule has 17 rings (SSSR count). The number of rotatable bonds is 21. The second-order valence-electron chi connectivity index (χ2n) is 32.4. The normalized spacial score (nSPS) is 12.0. The molecule has 7 N–H and O–H groups in total. The average molecular weight is 2060 g/mol. The van der Waals surface area contributed by atoms with Crippen LogP contribution in [-0.4, -0.2) is 114 Å². The fourth-order valence-electron chi connectivity index (χ4n) is 14.3. The molecule has 1 aliphatic heterocycles. The Kier molecular flexibility index (Phi) is 33.8. The zero-order chi connectivity index (χ0) is 103. The summed E-state index contributed by atoms with van der Waals surface area (Å²) >= 11 is 12.1. The molecular formula is C104H92Cl2F4N10O17S5. The van der Waals surface area contributed by atoms with Gasteiger partial charge in [0.05, 0.1) is 80.4 Å². The number of nitrogens with two attached hydrogens (primary N) is 2. The number of benzene rings is 11. The van der Waals surface area contributed by atoms with Gasteiger partial charge in [0.25, 0.3) is 10.0 Å². The zero-order valence-electron chi connectivity index (χ0n) is 77.5. The van der Waals surface area contributed by atoms with Crippen LogP contribution in [0.15, 0.2) is 331 Å². The molecule has 0 radical (unpaired) electrons. The smallest absolute Gasteiger partial charge is 0.435 e. The number of aromatic nitrogens is 6. The van der Waals surface area contributed by atoms with Gasteiger partial charge in [-0.05, 0) is 197 Å². The number of carbonyl (C=O) groups excluding carboxylic acids is 2. The number of para-hydroxylation sites is 1. The number of cyclic esters (lactones) is 1. The van der Waals surface area contributed by atoms with Crippen molar-refractivity contribution in [2.75, 3.05) is 24.4 Å². The molecule has 142 heavy (non-hydrogen) atoms. The third-order valence-corrected chi connectivity index (χ3v) is 27.7. The van der Waals surface area contributed by atoms with E-state index >= 15 is 0 Å². The van der Waals surface area contributed by atoms with Crippen LogP contribution in [0.2, 0.25) is 10.0 Å². The number of hydrogen-bond acceptors (Lipinski definition) is 22. The van der Waals surface area contributed by atoms with Gasteiger partial charge in [-0.3, -0.25) is 19.6 Å². The molecule has 16 aromatic rings. The van der Waals surface area contributed by atoms with Gasteiger partial charge in [0.2, 0.25) is 26.0 Å². The second kappa shape index (κ2) is 45.2. The first kappa shape index (κ1) is 106. The van der Waals surface area contributed by atoms with E-state index in [1.165, 1.54) is 73.2 Å². The number of carboxylic acid groups (broad SMARTS) is 1. The Balaban J connectivity index is 0.000000153. The number of sulfonamides is 3. The average Bonchev–Trinajstić information content (AvgIpc) is 1.65. The lowest BCUT2D eigenvalue weighted by molar-refractivity contribution is -0.141. The van der Waals surface area contributed by atoms with Gasteiger partial charge in [0, 0.05) is 76.1 Å². The first-order chi connectivity index (χ1) is 67.0. The Hall–Kier alpha value is -14.7. The number of halogens is 6. The van der Waals surface area contributed by atoms with Crippen molar-refractivity contribution in [3.8, 4) is 84.1 Å². The van der Waals surface area contributed by atoms with Crippen LogP contribution in [0.25, 0.3) is 95.2 Å². The second-order valence-corrected chi connectivity index (χ2v) is 42.1. The van der Waals surface area contributed by atoms with Crippen molar-refractivity contribution in [1.82, 2.24) is 34.8 Å². The van der Waals surface area contributed by atoms with E-state index in [2.05, 4.69) is 30.7 Å². The summed E-state index contributed by atoms with van der Waals surface area (Å²) in [7, 11) is -17.9. The van der Waals surface area contributed by atoms with Gasteiger partial charge in [-0.25, -0.2) is 71.0 Å². The first-order valence-corrected chi connectivity index (χ1v) is 52.0. The van der Waals surface area contributed by atoms with E-state index in [0.29, 0.717) is 44.6 Å². The van der Waals surface area contributed by atoms with Gasteiger partial charge in [0.15, 0.2) is 25.4 Å². The number of alkyl halides is 3. The summed E-state index contributed by atoms with van der Waals surface area (Å²) in [6.45, 7) is 15.1. The molecule has 27 nitrogen and oxygen atoms in total. The van der Waals surface area contributed by atoms with E-state index in [1.807, 2.05) is 156 Å². The molecular weight excluding hydrogens is 1970 g/mol. The third kappa shape index (κ3) is 27.5. The maximum absolute atomic E-state index is 13.7. The molecule has 1 amide bonds. The molecule has 1 aliphatic rings. The molecule has 0 spiro atoms. The van der Waals surface area contributed by atoms with Crippen molar-refractivity contribution in [3.05, 3.63) is 375 Å². The van der Waals surface area contributed by atoms with Gasteiger partial charge < -0.3 is 24.2 Å². The number of pyridine rings is 2.